The number of benzene rings is 3. The number of rotatable bonds is 3. The Balaban J connectivity index is 1.31. The van der Waals surface area contributed by atoms with Crippen molar-refractivity contribution >= 4 is 39.1 Å². The van der Waals surface area contributed by atoms with Crippen molar-refractivity contribution in [2.45, 2.75) is 12.5 Å². The van der Waals surface area contributed by atoms with E-state index in [1.54, 1.807) is 23.5 Å². The Morgan fingerprint density at radius 1 is 1.00 bits per heavy atom. The van der Waals surface area contributed by atoms with E-state index in [4.69, 9.17) is 4.74 Å². The fourth-order valence-corrected chi connectivity index (χ4v) is 4.36. The molecule has 1 unspecified atom stereocenters. The number of thiazole rings is 1. The Labute approximate surface area is 171 Å². The molecule has 29 heavy (non-hydrogen) atoms. The van der Waals surface area contributed by atoms with Crippen molar-refractivity contribution in [3.05, 3.63) is 83.9 Å². The van der Waals surface area contributed by atoms with Gasteiger partial charge >= 0.3 is 5.97 Å². The monoisotopic (exact) mass is 400 g/mol. The van der Waals surface area contributed by atoms with Crippen LogP contribution in [-0.4, -0.2) is 23.0 Å². The fourth-order valence-electron chi connectivity index (χ4n) is 3.39. The van der Waals surface area contributed by atoms with E-state index >= 15 is 0 Å². The Morgan fingerprint density at radius 2 is 1.76 bits per heavy atom. The predicted octanol–water partition coefficient (Wildman–Crippen LogP) is 4.68. The van der Waals surface area contributed by atoms with E-state index in [1.807, 2.05) is 54.6 Å². The number of anilines is 1. The number of para-hydroxylation sites is 1. The van der Waals surface area contributed by atoms with Crippen molar-refractivity contribution in [3.8, 4) is 10.6 Å². The second kappa shape index (κ2) is 7.14. The van der Waals surface area contributed by atoms with Crippen LogP contribution in [0.2, 0.25) is 0 Å². The van der Waals surface area contributed by atoms with Crippen LogP contribution in [0.15, 0.2) is 72.8 Å². The van der Waals surface area contributed by atoms with Crippen molar-refractivity contribution in [1.82, 2.24) is 4.98 Å². The molecule has 1 amide bonds. The van der Waals surface area contributed by atoms with Gasteiger partial charge in [0, 0.05) is 17.7 Å². The van der Waals surface area contributed by atoms with Gasteiger partial charge in [-0.1, -0.05) is 30.3 Å². The molecule has 5 nitrogen and oxygen atoms in total. The van der Waals surface area contributed by atoms with Gasteiger partial charge in [-0.25, -0.2) is 9.78 Å². The van der Waals surface area contributed by atoms with Crippen LogP contribution in [0.25, 0.3) is 20.8 Å². The number of nitrogens with zero attached hydrogens (tertiary/aromatic N) is 1. The van der Waals surface area contributed by atoms with Crippen molar-refractivity contribution in [2.75, 3.05) is 5.32 Å². The highest BCUT2D eigenvalue weighted by Gasteiger charge is 2.31. The van der Waals surface area contributed by atoms with Crippen LogP contribution in [0.5, 0.6) is 0 Å². The van der Waals surface area contributed by atoms with E-state index in [0.717, 1.165) is 26.4 Å². The summed E-state index contributed by atoms with van der Waals surface area (Å²) in [5, 5.41) is 3.77. The number of fused-ring (bicyclic) bond motifs is 2. The summed E-state index contributed by atoms with van der Waals surface area (Å²) in [7, 11) is 0. The number of amides is 1. The van der Waals surface area contributed by atoms with Gasteiger partial charge in [0.1, 0.15) is 5.01 Å². The van der Waals surface area contributed by atoms with Crippen LogP contribution in [0, 0.1) is 0 Å². The lowest BCUT2D eigenvalue weighted by Crippen LogP contribution is -2.37. The predicted molar refractivity (Wildman–Crippen MR) is 113 cm³/mol. The summed E-state index contributed by atoms with van der Waals surface area (Å²) in [5.74, 6) is -0.793. The molecule has 0 aliphatic carbocycles. The number of cyclic esters (lactones) is 1. The first-order valence-corrected chi connectivity index (χ1v) is 10.0. The minimum atomic E-state index is -0.832. The van der Waals surface area contributed by atoms with E-state index in [1.165, 1.54) is 0 Å². The molecule has 0 saturated heterocycles. The number of esters is 1. The lowest BCUT2D eigenvalue weighted by atomic mass is 9.98. The first-order valence-electron chi connectivity index (χ1n) is 9.23. The molecule has 1 N–H and O–H groups in total. The Bertz CT molecular complexity index is 1200. The zero-order valence-electron chi connectivity index (χ0n) is 15.3. The number of ether oxygens (including phenoxy) is 1. The van der Waals surface area contributed by atoms with Crippen molar-refractivity contribution in [3.63, 3.8) is 0 Å². The standard InChI is InChI=1S/C23H16N2O3S/c26-21(19-13-15-5-1-2-6-17(15)23(27)28-19)24-16-11-9-14(10-12-16)22-25-18-7-3-4-8-20(18)29-22/h1-12,19H,13H2,(H,24,26). The van der Waals surface area contributed by atoms with Gasteiger partial charge in [-0.05, 0) is 48.0 Å². The van der Waals surface area contributed by atoms with Gasteiger partial charge in [0.25, 0.3) is 5.91 Å². The zero-order chi connectivity index (χ0) is 19.8. The molecule has 1 aromatic heterocycles. The third kappa shape index (κ3) is 3.39. The van der Waals surface area contributed by atoms with Gasteiger partial charge < -0.3 is 10.1 Å². The molecular formula is C23H16N2O3S. The van der Waals surface area contributed by atoms with E-state index < -0.39 is 12.1 Å². The minimum Gasteiger partial charge on any atom is -0.448 e. The van der Waals surface area contributed by atoms with Crippen molar-refractivity contribution in [2.24, 2.45) is 0 Å². The van der Waals surface area contributed by atoms with Gasteiger partial charge in [-0.2, -0.15) is 0 Å². The Kier molecular flexibility index (Phi) is 4.33. The van der Waals surface area contributed by atoms with Gasteiger partial charge in [0.2, 0.25) is 0 Å². The number of carbonyl (C=O) groups is 2. The summed E-state index contributed by atoms with van der Waals surface area (Å²) in [4.78, 5) is 29.4. The van der Waals surface area contributed by atoms with Crippen LogP contribution in [0.4, 0.5) is 5.69 Å². The summed E-state index contributed by atoms with van der Waals surface area (Å²) in [6, 6.07) is 22.7. The molecule has 1 aliphatic rings. The highest BCUT2D eigenvalue weighted by atomic mass is 32.1. The molecule has 0 saturated carbocycles. The maximum Gasteiger partial charge on any atom is 0.339 e. The topological polar surface area (TPSA) is 68.3 Å². The number of aromatic nitrogens is 1. The zero-order valence-corrected chi connectivity index (χ0v) is 16.1. The SMILES string of the molecule is O=C1OC(C(=O)Nc2ccc(-c3nc4ccccc4s3)cc2)Cc2ccccc21. The van der Waals surface area contributed by atoms with E-state index in [-0.39, 0.29) is 5.91 Å². The summed E-state index contributed by atoms with van der Waals surface area (Å²) in [5.41, 5.74) is 3.97. The Hall–Kier alpha value is -3.51. The van der Waals surface area contributed by atoms with Crippen LogP contribution in [0.1, 0.15) is 15.9 Å². The molecule has 3 aromatic carbocycles. The average Bonchev–Trinajstić information content (AvgIpc) is 3.18. The molecule has 6 heteroatoms. The summed E-state index contributed by atoms with van der Waals surface area (Å²) >= 11 is 1.63. The number of hydrogen-bond acceptors (Lipinski definition) is 5. The summed E-state index contributed by atoms with van der Waals surface area (Å²) < 4.78 is 6.45. The molecule has 0 radical (unpaired) electrons. The van der Waals surface area contributed by atoms with Gasteiger partial charge in [-0.3, -0.25) is 4.79 Å². The molecule has 0 bridgehead atoms. The van der Waals surface area contributed by atoms with Crippen LogP contribution >= 0.6 is 11.3 Å². The Morgan fingerprint density at radius 3 is 2.59 bits per heavy atom. The van der Waals surface area contributed by atoms with Crippen LogP contribution < -0.4 is 5.32 Å². The number of carbonyl (C=O) groups excluding carboxylic acids is 2. The number of nitrogens with one attached hydrogen (secondary N) is 1. The van der Waals surface area contributed by atoms with E-state index in [2.05, 4.69) is 16.4 Å². The first-order chi connectivity index (χ1) is 14.2. The molecule has 5 rings (SSSR count). The second-order valence-electron chi connectivity index (χ2n) is 6.81. The highest BCUT2D eigenvalue weighted by Crippen LogP contribution is 2.30. The lowest BCUT2D eigenvalue weighted by molar-refractivity contribution is -0.125. The fraction of sp³-hybridized carbons (Fsp3) is 0.0870. The average molecular weight is 400 g/mol. The second-order valence-corrected chi connectivity index (χ2v) is 7.84. The third-order valence-corrected chi connectivity index (χ3v) is 5.96. The summed E-state index contributed by atoms with van der Waals surface area (Å²) in [6.45, 7) is 0. The molecule has 142 valence electrons. The van der Waals surface area contributed by atoms with Gasteiger partial charge in [0.15, 0.2) is 6.10 Å². The highest BCUT2D eigenvalue weighted by molar-refractivity contribution is 7.21. The number of hydrogen-bond donors (Lipinski definition) is 1. The largest absolute Gasteiger partial charge is 0.448 e. The summed E-state index contributed by atoms with van der Waals surface area (Å²) in [6.07, 6.45) is -0.460. The first kappa shape index (κ1) is 17.6. The smallest absolute Gasteiger partial charge is 0.339 e. The molecular weight excluding hydrogens is 384 g/mol. The molecule has 1 atom stereocenters. The molecule has 1 aliphatic heterocycles. The third-order valence-electron chi connectivity index (χ3n) is 4.88. The quantitative estimate of drug-likeness (QED) is 0.507. The lowest BCUT2D eigenvalue weighted by Gasteiger charge is -2.23. The van der Waals surface area contributed by atoms with E-state index in [9.17, 15) is 9.59 Å². The molecule has 0 spiro atoms. The molecule has 4 aromatic rings. The van der Waals surface area contributed by atoms with E-state index in [0.29, 0.717) is 17.7 Å². The van der Waals surface area contributed by atoms with Crippen LogP contribution in [-0.2, 0) is 16.0 Å². The normalized spacial score (nSPS) is 15.6. The minimum absolute atomic E-state index is 0.333. The van der Waals surface area contributed by atoms with Gasteiger partial charge in [-0.15, -0.1) is 11.3 Å². The van der Waals surface area contributed by atoms with Gasteiger partial charge in [0.05, 0.1) is 15.8 Å². The van der Waals surface area contributed by atoms with Crippen LogP contribution in [0.3, 0.4) is 0 Å². The van der Waals surface area contributed by atoms with Crippen molar-refractivity contribution < 1.29 is 14.3 Å². The van der Waals surface area contributed by atoms with Crippen molar-refractivity contribution in [1.29, 1.82) is 0 Å². The molecule has 0 fully saturated rings. The maximum absolute atomic E-state index is 12.6. The maximum atomic E-state index is 12.6. The molecule has 2 heterocycles.